The van der Waals surface area contributed by atoms with Gasteiger partial charge in [-0.25, -0.2) is 13.8 Å². The van der Waals surface area contributed by atoms with Crippen molar-refractivity contribution in [3.63, 3.8) is 0 Å². The van der Waals surface area contributed by atoms with Crippen LogP contribution >= 0.6 is 0 Å². The van der Waals surface area contributed by atoms with Crippen molar-refractivity contribution in [3.05, 3.63) is 82.7 Å². The second-order valence-electron chi connectivity index (χ2n) is 10.6. The molecule has 1 unspecified atom stereocenters. The summed E-state index contributed by atoms with van der Waals surface area (Å²) in [6, 6.07) is 16.6. The van der Waals surface area contributed by atoms with Crippen LogP contribution in [0.15, 0.2) is 65.5 Å². The number of nitrogens with zero attached hydrogens (tertiary/aromatic N) is 3. The molecule has 0 radical (unpaired) electrons. The molecule has 1 fully saturated rings. The Morgan fingerprint density at radius 2 is 1.79 bits per heavy atom. The number of hydrogen-bond acceptors (Lipinski definition) is 4. The van der Waals surface area contributed by atoms with Crippen LogP contribution in [0.4, 0.5) is 8.78 Å². The summed E-state index contributed by atoms with van der Waals surface area (Å²) in [6.07, 6.45) is 2.14. The Balaban J connectivity index is 1.63. The number of benzene rings is 3. The lowest BCUT2D eigenvalue weighted by Gasteiger charge is -2.34. The molecule has 1 saturated heterocycles. The summed E-state index contributed by atoms with van der Waals surface area (Å²) in [5.74, 6) is 0.282. The molecule has 2 heterocycles. The van der Waals surface area contributed by atoms with Crippen LogP contribution in [0.3, 0.4) is 0 Å². The van der Waals surface area contributed by atoms with Crippen molar-refractivity contribution >= 4 is 10.9 Å². The van der Waals surface area contributed by atoms with Gasteiger partial charge in [-0.2, -0.15) is 0 Å². The van der Waals surface area contributed by atoms with Crippen LogP contribution < -0.4 is 10.3 Å². The van der Waals surface area contributed by atoms with Gasteiger partial charge in [-0.3, -0.25) is 9.36 Å². The minimum Gasteiger partial charge on any atom is -0.496 e. The van der Waals surface area contributed by atoms with E-state index in [1.807, 2.05) is 24.3 Å². The average molecular weight is 518 g/mol. The number of ether oxygens (including phenoxy) is 1. The van der Waals surface area contributed by atoms with Gasteiger partial charge in [-0.1, -0.05) is 38.1 Å². The largest absolute Gasteiger partial charge is 0.496 e. The SMILES string of the molecule is COc1ccccc1-c1nc2ccc(-c3ccc(F)c(F)c3)cc2c(=O)n1CC1CCCN(CC(C)C)C1. The van der Waals surface area contributed by atoms with Gasteiger partial charge in [0.2, 0.25) is 0 Å². The maximum atomic E-state index is 14.1. The van der Waals surface area contributed by atoms with E-state index in [1.165, 1.54) is 6.07 Å². The Hall–Kier alpha value is -3.58. The van der Waals surface area contributed by atoms with Crippen LogP contribution in [0, 0.1) is 23.5 Å². The zero-order valence-corrected chi connectivity index (χ0v) is 22.1. The van der Waals surface area contributed by atoms with Crippen molar-refractivity contribution in [2.75, 3.05) is 26.7 Å². The minimum atomic E-state index is -0.923. The van der Waals surface area contributed by atoms with E-state index in [2.05, 4.69) is 18.7 Å². The Kier molecular flexibility index (Phi) is 7.56. The molecule has 0 N–H and O–H groups in total. The van der Waals surface area contributed by atoms with Crippen LogP contribution in [0.2, 0.25) is 0 Å². The summed E-state index contributed by atoms with van der Waals surface area (Å²) in [7, 11) is 1.61. The van der Waals surface area contributed by atoms with Gasteiger partial charge >= 0.3 is 0 Å². The molecule has 198 valence electrons. The molecule has 1 atom stereocenters. The summed E-state index contributed by atoms with van der Waals surface area (Å²) < 4.78 is 34.9. The molecule has 4 aromatic rings. The monoisotopic (exact) mass is 517 g/mol. The second-order valence-corrected chi connectivity index (χ2v) is 10.6. The summed E-state index contributed by atoms with van der Waals surface area (Å²) >= 11 is 0. The van der Waals surface area contributed by atoms with Crippen LogP contribution in [0.25, 0.3) is 33.4 Å². The molecule has 5 nitrogen and oxygen atoms in total. The average Bonchev–Trinajstić information content (AvgIpc) is 2.91. The summed E-state index contributed by atoms with van der Waals surface area (Å²) in [4.78, 5) is 21.5. The van der Waals surface area contributed by atoms with Gasteiger partial charge in [0, 0.05) is 19.6 Å². The fourth-order valence-electron chi connectivity index (χ4n) is 5.52. The second kappa shape index (κ2) is 11.0. The van der Waals surface area contributed by atoms with E-state index in [0.29, 0.717) is 52.0 Å². The molecule has 0 bridgehead atoms. The maximum absolute atomic E-state index is 14.1. The number of para-hydroxylation sites is 1. The quantitative estimate of drug-likeness (QED) is 0.285. The molecule has 38 heavy (non-hydrogen) atoms. The predicted octanol–water partition coefficient (Wildman–Crippen LogP) is 6.39. The summed E-state index contributed by atoms with van der Waals surface area (Å²) in [6.45, 7) is 8.05. The third-order valence-electron chi connectivity index (χ3n) is 7.22. The first-order valence-corrected chi connectivity index (χ1v) is 13.2. The van der Waals surface area contributed by atoms with Crippen molar-refractivity contribution in [2.45, 2.75) is 33.2 Å². The van der Waals surface area contributed by atoms with Gasteiger partial charge in [-0.05, 0) is 78.7 Å². The highest BCUT2D eigenvalue weighted by Gasteiger charge is 2.24. The fourth-order valence-corrected chi connectivity index (χ4v) is 5.52. The zero-order valence-electron chi connectivity index (χ0n) is 22.1. The first-order chi connectivity index (χ1) is 18.3. The van der Waals surface area contributed by atoms with Crippen LogP contribution in [-0.2, 0) is 6.54 Å². The molecular weight excluding hydrogens is 484 g/mol. The minimum absolute atomic E-state index is 0.152. The lowest BCUT2D eigenvalue weighted by atomic mass is 9.96. The highest BCUT2D eigenvalue weighted by atomic mass is 19.2. The van der Waals surface area contributed by atoms with E-state index in [9.17, 15) is 13.6 Å². The van der Waals surface area contributed by atoms with Gasteiger partial charge in [0.1, 0.15) is 11.6 Å². The first-order valence-electron chi connectivity index (χ1n) is 13.2. The van der Waals surface area contributed by atoms with Gasteiger partial charge in [0.15, 0.2) is 11.6 Å². The topological polar surface area (TPSA) is 47.4 Å². The molecule has 7 heteroatoms. The molecule has 0 saturated carbocycles. The van der Waals surface area contributed by atoms with Crippen LogP contribution in [-0.4, -0.2) is 41.2 Å². The molecule has 3 aromatic carbocycles. The standard InChI is InChI=1S/C31H33F2N3O2/c1-20(2)17-35-14-6-7-21(18-35)19-36-30(24-8-4-5-9-29(24)38-3)34-28-13-11-22(15-25(28)31(36)37)23-10-12-26(32)27(33)16-23/h4-5,8-13,15-16,20-21H,6-7,14,17-19H2,1-3H3. The van der Waals surface area contributed by atoms with Crippen molar-refractivity contribution in [1.82, 2.24) is 14.5 Å². The summed E-state index contributed by atoms with van der Waals surface area (Å²) in [5, 5.41) is 0.445. The third-order valence-corrected chi connectivity index (χ3v) is 7.22. The van der Waals surface area contributed by atoms with E-state index in [0.717, 1.165) is 50.2 Å². The lowest BCUT2D eigenvalue weighted by molar-refractivity contribution is 0.148. The molecule has 0 amide bonds. The molecule has 1 aliphatic rings. The van der Waals surface area contributed by atoms with Crippen LogP contribution in [0.1, 0.15) is 26.7 Å². The van der Waals surface area contributed by atoms with E-state index in [-0.39, 0.29) is 5.56 Å². The van der Waals surface area contributed by atoms with Crippen molar-refractivity contribution in [3.8, 4) is 28.3 Å². The van der Waals surface area contributed by atoms with E-state index < -0.39 is 11.6 Å². The van der Waals surface area contributed by atoms with E-state index in [1.54, 1.807) is 29.9 Å². The van der Waals surface area contributed by atoms with Gasteiger partial charge in [-0.15, -0.1) is 0 Å². The molecule has 0 spiro atoms. The Bertz CT molecular complexity index is 1520. The number of fused-ring (bicyclic) bond motifs is 1. The zero-order chi connectivity index (χ0) is 26.8. The fraction of sp³-hybridized carbons (Fsp3) is 0.355. The van der Waals surface area contributed by atoms with E-state index in [4.69, 9.17) is 9.72 Å². The molecule has 5 rings (SSSR count). The third kappa shape index (κ3) is 5.34. The van der Waals surface area contributed by atoms with Crippen molar-refractivity contribution in [2.24, 2.45) is 11.8 Å². The van der Waals surface area contributed by atoms with Gasteiger partial charge in [0.05, 0.1) is 23.6 Å². The highest BCUT2D eigenvalue weighted by molar-refractivity contribution is 5.85. The first kappa shape index (κ1) is 26.0. The van der Waals surface area contributed by atoms with Crippen molar-refractivity contribution < 1.29 is 13.5 Å². The highest BCUT2D eigenvalue weighted by Crippen LogP contribution is 2.31. The number of aromatic nitrogens is 2. The number of halogens is 2. The Morgan fingerprint density at radius 3 is 2.55 bits per heavy atom. The van der Waals surface area contributed by atoms with E-state index >= 15 is 0 Å². The lowest BCUT2D eigenvalue weighted by Crippen LogP contribution is -2.40. The maximum Gasteiger partial charge on any atom is 0.261 e. The Morgan fingerprint density at radius 1 is 1.03 bits per heavy atom. The normalized spacial score (nSPS) is 16.3. The molecule has 0 aliphatic carbocycles. The van der Waals surface area contributed by atoms with Crippen LogP contribution in [0.5, 0.6) is 5.75 Å². The summed E-state index contributed by atoms with van der Waals surface area (Å²) in [5.41, 5.74) is 2.29. The van der Waals surface area contributed by atoms with Gasteiger partial charge in [0.25, 0.3) is 5.56 Å². The Labute approximate surface area is 221 Å². The van der Waals surface area contributed by atoms with Crippen molar-refractivity contribution in [1.29, 1.82) is 0 Å². The smallest absolute Gasteiger partial charge is 0.261 e. The number of hydrogen-bond donors (Lipinski definition) is 0. The number of rotatable bonds is 7. The number of piperidine rings is 1. The predicted molar refractivity (Wildman–Crippen MR) is 147 cm³/mol. The van der Waals surface area contributed by atoms with Gasteiger partial charge < -0.3 is 9.64 Å². The molecular formula is C31H33F2N3O2. The molecule has 1 aromatic heterocycles. The molecule has 1 aliphatic heterocycles. The number of likely N-dealkylation sites (tertiary alicyclic amines) is 1. The number of methoxy groups -OCH3 is 1.